The van der Waals surface area contributed by atoms with Gasteiger partial charge < -0.3 is 30.1 Å². The molecule has 2 aliphatic carbocycles. The molecule has 2 atom stereocenters. The van der Waals surface area contributed by atoms with Crippen LogP contribution in [0.4, 0.5) is 4.79 Å². The summed E-state index contributed by atoms with van der Waals surface area (Å²) in [7, 11) is 1.35. The number of nitrogens with one attached hydrogen (secondary N) is 2. The number of morpholine rings is 1. The maximum absolute atomic E-state index is 13.4. The minimum absolute atomic E-state index is 0.0583. The van der Waals surface area contributed by atoms with Gasteiger partial charge in [-0.3, -0.25) is 4.79 Å². The Labute approximate surface area is 201 Å². The van der Waals surface area contributed by atoms with E-state index in [0.717, 1.165) is 54.5 Å². The number of nitrogens with zero attached hydrogens (tertiary/aromatic N) is 1. The van der Waals surface area contributed by atoms with E-state index >= 15 is 0 Å². The Kier molecular flexibility index (Phi) is 7.90. The van der Waals surface area contributed by atoms with Gasteiger partial charge in [0.25, 0.3) is 5.91 Å². The number of phenolic OH excluding ortho intramolecular Hbond substituents is 1. The fraction of sp³-hybridized carbons (Fsp3) is 0.538. The zero-order chi connectivity index (χ0) is 24.1. The quantitative estimate of drug-likeness (QED) is 0.481. The first-order chi connectivity index (χ1) is 16.5. The van der Waals surface area contributed by atoms with Crippen LogP contribution < -0.4 is 10.6 Å². The van der Waals surface area contributed by atoms with Crippen molar-refractivity contribution in [3.63, 3.8) is 0 Å². The van der Waals surface area contributed by atoms with Crippen molar-refractivity contribution in [2.75, 3.05) is 33.4 Å². The van der Waals surface area contributed by atoms with Crippen LogP contribution in [-0.2, 0) is 14.3 Å². The number of aromatic hydroxyl groups is 1. The fourth-order valence-electron chi connectivity index (χ4n) is 4.82. The molecular formula is C26H35N3O5. The van der Waals surface area contributed by atoms with Gasteiger partial charge in [-0.1, -0.05) is 24.3 Å². The molecule has 8 nitrogen and oxygen atoms in total. The Hall–Kier alpha value is -2.84. The second-order valence-electron chi connectivity index (χ2n) is 9.16. The third-order valence-electron chi connectivity index (χ3n) is 6.79. The largest absolute Gasteiger partial charge is 0.507 e. The Bertz CT molecular complexity index is 963. The Morgan fingerprint density at radius 1 is 1.32 bits per heavy atom. The smallest absolute Gasteiger partial charge is 0.406 e. The number of benzene rings is 1. The van der Waals surface area contributed by atoms with Crippen LogP contribution in [0.1, 0.15) is 44.6 Å². The minimum atomic E-state index is -0.441. The number of carbonyl (C=O) groups is 2. The van der Waals surface area contributed by atoms with Crippen molar-refractivity contribution >= 4 is 17.6 Å². The van der Waals surface area contributed by atoms with Gasteiger partial charge in [0.2, 0.25) is 0 Å². The lowest BCUT2D eigenvalue weighted by Gasteiger charge is -2.35. The van der Waals surface area contributed by atoms with E-state index in [9.17, 15) is 14.7 Å². The van der Waals surface area contributed by atoms with Crippen LogP contribution in [0.25, 0.3) is 5.57 Å². The van der Waals surface area contributed by atoms with E-state index in [2.05, 4.69) is 28.4 Å². The summed E-state index contributed by atoms with van der Waals surface area (Å²) < 4.78 is 10.4. The highest BCUT2D eigenvalue weighted by atomic mass is 16.5. The van der Waals surface area contributed by atoms with Gasteiger partial charge in [-0.05, 0) is 61.8 Å². The lowest BCUT2D eigenvalue weighted by atomic mass is 9.96. The zero-order valence-electron chi connectivity index (χ0n) is 20.0. The monoisotopic (exact) mass is 469 g/mol. The van der Waals surface area contributed by atoms with E-state index in [0.29, 0.717) is 26.1 Å². The first kappa shape index (κ1) is 24.3. The van der Waals surface area contributed by atoms with E-state index < -0.39 is 12.2 Å². The summed E-state index contributed by atoms with van der Waals surface area (Å²) in [4.78, 5) is 26.8. The van der Waals surface area contributed by atoms with Crippen molar-refractivity contribution in [1.82, 2.24) is 15.5 Å². The van der Waals surface area contributed by atoms with Crippen molar-refractivity contribution in [1.29, 1.82) is 0 Å². The molecule has 0 radical (unpaired) electrons. The van der Waals surface area contributed by atoms with Gasteiger partial charge in [-0.15, -0.1) is 0 Å². The van der Waals surface area contributed by atoms with Crippen LogP contribution in [0, 0.1) is 0 Å². The molecule has 1 saturated heterocycles. The molecule has 1 aliphatic heterocycles. The Balaban J connectivity index is 1.52. The van der Waals surface area contributed by atoms with Crippen molar-refractivity contribution < 1.29 is 24.2 Å². The number of para-hydroxylation sites is 1. The molecule has 2 fully saturated rings. The molecule has 0 aromatic heterocycles. The van der Waals surface area contributed by atoms with E-state index in [1.54, 1.807) is 6.07 Å². The van der Waals surface area contributed by atoms with Crippen molar-refractivity contribution in [3.05, 3.63) is 47.1 Å². The molecule has 3 aliphatic rings. The molecule has 1 heterocycles. The number of hydrogen-bond donors (Lipinski definition) is 3. The summed E-state index contributed by atoms with van der Waals surface area (Å²) in [5.74, 6) is 0.310. The van der Waals surface area contributed by atoms with Crippen LogP contribution in [-0.4, -0.2) is 73.5 Å². The summed E-state index contributed by atoms with van der Waals surface area (Å²) in [6, 6.07) is 7.58. The molecule has 2 amide bonds. The summed E-state index contributed by atoms with van der Waals surface area (Å²) in [5, 5.41) is 16.5. The van der Waals surface area contributed by atoms with Crippen molar-refractivity contribution in [2.24, 2.45) is 0 Å². The van der Waals surface area contributed by atoms with Crippen LogP contribution in [0.2, 0.25) is 0 Å². The van der Waals surface area contributed by atoms with Gasteiger partial charge in [0.15, 0.2) is 0 Å². The van der Waals surface area contributed by atoms with Gasteiger partial charge in [0, 0.05) is 31.2 Å². The topological polar surface area (TPSA) is 100 Å². The highest BCUT2D eigenvalue weighted by molar-refractivity contribution is 5.84. The molecule has 4 rings (SSSR count). The second kappa shape index (κ2) is 11.1. The minimum Gasteiger partial charge on any atom is -0.507 e. The maximum atomic E-state index is 13.4. The summed E-state index contributed by atoms with van der Waals surface area (Å²) >= 11 is 0. The number of amides is 2. The normalized spacial score (nSPS) is 21.1. The van der Waals surface area contributed by atoms with Crippen LogP contribution in [0.15, 0.2) is 41.5 Å². The summed E-state index contributed by atoms with van der Waals surface area (Å²) in [6.45, 7) is 4.47. The molecule has 184 valence electrons. The molecule has 0 bridgehead atoms. The molecule has 1 saturated carbocycles. The van der Waals surface area contributed by atoms with Gasteiger partial charge in [0.05, 0.1) is 19.8 Å². The fourth-order valence-corrected chi connectivity index (χ4v) is 4.82. The van der Waals surface area contributed by atoms with E-state index in [1.807, 2.05) is 23.1 Å². The van der Waals surface area contributed by atoms with Gasteiger partial charge in [-0.2, -0.15) is 0 Å². The first-order valence-electron chi connectivity index (χ1n) is 12.2. The number of carbonyl (C=O) groups excluding carboxylic acids is 2. The van der Waals surface area contributed by atoms with Crippen LogP contribution in [0.5, 0.6) is 5.75 Å². The molecule has 1 aromatic carbocycles. The third kappa shape index (κ3) is 5.62. The molecule has 0 unspecified atom stereocenters. The highest BCUT2D eigenvalue weighted by Crippen LogP contribution is 2.42. The van der Waals surface area contributed by atoms with Crippen LogP contribution in [0.3, 0.4) is 0 Å². The highest BCUT2D eigenvalue weighted by Gasteiger charge is 2.41. The summed E-state index contributed by atoms with van der Waals surface area (Å²) in [5.41, 5.74) is 4.20. The van der Waals surface area contributed by atoms with Crippen molar-refractivity contribution in [3.8, 4) is 5.75 Å². The van der Waals surface area contributed by atoms with E-state index in [1.165, 1.54) is 7.11 Å². The lowest BCUT2D eigenvalue weighted by molar-refractivity contribution is -0.147. The lowest BCUT2D eigenvalue weighted by Crippen LogP contribution is -2.52. The predicted molar refractivity (Wildman–Crippen MR) is 129 cm³/mol. The SMILES string of the molecule is COC(=O)NCCCC1=C(c2ccccc2O)CC([C@@H](C)N(C(=O)[C@H]2CNCCO2)C2CC2)=C1. The number of methoxy groups -OCH3 is 1. The Morgan fingerprint density at radius 2 is 2.12 bits per heavy atom. The first-order valence-corrected chi connectivity index (χ1v) is 12.2. The number of phenols is 1. The maximum Gasteiger partial charge on any atom is 0.406 e. The predicted octanol–water partition coefficient (Wildman–Crippen LogP) is 2.98. The number of ether oxygens (including phenoxy) is 2. The van der Waals surface area contributed by atoms with E-state index in [4.69, 9.17) is 4.74 Å². The average molecular weight is 470 g/mol. The number of rotatable bonds is 9. The molecule has 0 spiro atoms. The van der Waals surface area contributed by atoms with Crippen LogP contribution >= 0.6 is 0 Å². The van der Waals surface area contributed by atoms with Gasteiger partial charge >= 0.3 is 6.09 Å². The summed E-state index contributed by atoms with van der Waals surface area (Å²) in [6.07, 6.45) is 5.53. The number of alkyl carbamates (subject to hydrolysis) is 1. The van der Waals surface area contributed by atoms with Gasteiger partial charge in [0.1, 0.15) is 11.9 Å². The standard InChI is InChI=1S/C26H35N3O5/c1-17(29(20-9-10-20)25(31)24-16-27-12-13-34-24)19-14-18(6-5-11-28-26(32)33-2)22(15-19)21-7-3-4-8-23(21)30/h3-4,7-8,14,17,20,24,27,30H,5-6,9-13,15-16H2,1-2H3,(H,28,32)/t17-,24-/m1/s1. The molecule has 34 heavy (non-hydrogen) atoms. The van der Waals surface area contributed by atoms with Gasteiger partial charge in [-0.25, -0.2) is 4.79 Å². The second-order valence-corrected chi connectivity index (χ2v) is 9.16. The molecular weight excluding hydrogens is 434 g/mol. The average Bonchev–Trinajstić information content (AvgIpc) is 3.60. The third-order valence-corrected chi connectivity index (χ3v) is 6.79. The van der Waals surface area contributed by atoms with Crippen molar-refractivity contribution in [2.45, 2.75) is 57.2 Å². The number of hydrogen-bond acceptors (Lipinski definition) is 6. The zero-order valence-corrected chi connectivity index (χ0v) is 20.0. The molecule has 1 aromatic rings. The number of allylic oxidation sites excluding steroid dienone is 3. The Morgan fingerprint density at radius 3 is 2.79 bits per heavy atom. The molecule has 8 heteroatoms. The van der Waals surface area contributed by atoms with E-state index in [-0.39, 0.29) is 23.7 Å². The molecule has 3 N–H and O–H groups in total.